The van der Waals surface area contributed by atoms with Crippen LogP contribution in [0.5, 0.6) is 5.75 Å². The van der Waals surface area contributed by atoms with Crippen molar-refractivity contribution in [1.82, 2.24) is 9.97 Å². The topological polar surface area (TPSA) is 64.1 Å². The molecule has 128 valence electrons. The number of halogens is 2. The summed E-state index contributed by atoms with van der Waals surface area (Å²) in [4.78, 5) is 20.7. The zero-order valence-corrected chi connectivity index (χ0v) is 15.4. The van der Waals surface area contributed by atoms with Gasteiger partial charge in [-0.3, -0.25) is 15.1 Å². The number of ether oxygens (including phenoxy) is 1. The van der Waals surface area contributed by atoms with Gasteiger partial charge in [0.05, 0.1) is 10.7 Å². The van der Waals surface area contributed by atoms with Crippen LogP contribution in [-0.4, -0.2) is 22.0 Å². The van der Waals surface area contributed by atoms with Gasteiger partial charge >= 0.3 is 0 Å². The number of nitrogens with one attached hydrogen (secondary N) is 1. The molecule has 8 heteroatoms. The number of hydrogen-bond donors (Lipinski definition) is 1. The minimum Gasteiger partial charge on any atom is -0.479 e. The lowest BCUT2D eigenvalue weighted by Gasteiger charge is -2.15. The molecule has 0 unspecified atom stereocenters. The summed E-state index contributed by atoms with van der Waals surface area (Å²) < 4.78 is 5.59. The van der Waals surface area contributed by atoms with Gasteiger partial charge in [-0.15, -0.1) is 11.3 Å². The van der Waals surface area contributed by atoms with Crippen LogP contribution in [0, 0.1) is 0 Å². The quantitative estimate of drug-likeness (QED) is 0.667. The molecular weight excluding hydrogens is 381 g/mol. The maximum absolute atomic E-state index is 12.3. The molecule has 0 fully saturated rings. The second-order valence-electron chi connectivity index (χ2n) is 5.08. The van der Waals surface area contributed by atoms with Crippen LogP contribution in [-0.2, 0) is 4.79 Å². The van der Waals surface area contributed by atoms with E-state index in [0.717, 1.165) is 11.3 Å². The molecule has 2 heterocycles. The Morgan fingerprint density at radius 2 is 2.12 bits per heavy atom. The number of nitrogens with zero attached hydrogens (tertiary/aromatic N) is 2. The van der Waals surface area contributed by atoms with Gasteiger partial charge in [0.2, 0.25) is 0 Å². The first-order chi connectivity index (χ1) is 12.0. The van der Waals surface area contributed by atoms with Gasteiger partial charge in [-0.1, -0.05) is 29.3 Å². The summed E-state index contributed by atoms with van der Waals surface area (Å²) >= 11 is 13.3. The Kier molecular flexibility index (Phi) is 5.53. The van der Waals surface area contributed by atoms with Crippen molar-refractivity contribution < 1.29 is 9.53 Å². The number of thiazole rings is 1. The fourth-order valence-electron chi connectivity index (χ4n) is 2.00. The number of carbonyl (C=O) groups is 1. The molecule has 25 heavy (non-hydrogen) atoms. The highest BCUT2D eigenvalue weighted by Gasteiger charge is 2.18. The van der Waals surface area contributed by atoms with Crippen LogP contribution in [0.3, 0.4) is 0 Å². The Hall–Kier alpha value is -2.15. The number of benzene rings is 1. The van der Waals surface area contributed by atoms with E-state index in [1.54, 1.807) is 37.5 Å². The Balaban J connectivity index is 1.66. The number of aromatic nitrogens is 2. The maximum atomic E-state index is 12.3. The number of pyridine rings is 1. The maximum Gasteiger partial charge on any atom is 0.266 e. The highest BCUT2D eigenvalue weighted by atomic mass is 35.5. The van der Waals surface area contributed by atoms with Crippen molar-refractivity contribution in [2.45, 2.75) is 13.0 Å². The molecule has 0 saturated heterocycles. The van der Waals surface area contributed by atoms with E-state index in [0.29, 0.717) is 15.9 Å². The van der Waals surface area contributed by atoms with Gasteiger partial charge in [0, 0.05) is 23.3 Å². The second-order valence-corrected chi connectivity index (χ2v) is 6.72. The lowest BCUT2D eigenvalue weighted by Crippen LogP contribution is -2.30. The summed E-state index contributed by atoms with van der Waals surface area (Å²) in [6.07, 6.45) is 2.65. The third-order valence-corrected chi connectivity index (χ3v) is 4.84. The number of amides is 1. The first-order valence-corrected chi connectivity index (χ1v) is 8.95. The predicted octanol–water partition coefficient (Wildman–Crippen LogP) is 4.92. The fraction of sp³-hybridized carbons (Fsp3) is 0.118. The lowest BCUT2D eigenvalue weighted by atomic mass is 10.2. The number of rotatable bonds is 5. The van der Waals surface area contributed by atoms with Gasteiger partial charge < -0.3 is 4.74 Å². The molecule has 1 amide bonds. The van der Waals surface area contributed by atoms with Crippen molar-refractivity contribution in [3.05, 3.63) is 58.2 Å². The van der Waals surface area contributed by atoms with Crippen LogP contribution in [0.1, 0.15) is 6.92 Å². The summed E-state index contributed by atoms with van der Waals surface area (Å²) in [6, 6.07) is 8.74. The molecule has 0 radical (unpaired) electrons. The van der Waals surface area contributed by atoms with Crippen LogP contribution in [0.4, 0.5) is 5.13 Å². The molecule has 3 aromatic rings. The van der Waals surface area contributed by atoms with Crippen molar-refractivity contribution in [1.29, 1.82) is 0 Å². The standard InChI is InChI=1S/C17H13Cl2N3O2S/c1-10(24-14-6-2-5-12(18)15(14)19)16(23)22-17-21-13(9-25-17)11-4-3-7-20-8-11/h2-10H,1H3,(H,21,22,23)/t10-/m0/s1. The summed E-state index contributed by atoms with van der Waals surface area (Å²) in [5.41, 5.74) is 1.63. The monoisotopic (exact) mass is 393 g/mol. The highest BCUT2D eigenvalue weighted by Crippen LogP contribution is 2.32. The van der Waals surface area contributed by atoms with Gasteiger partial charge in [0.25, 0.3) is 5.91 Å². The minimum absolute atomic E-state index is 0.275. The van der Waals surface area contributed by atoms with E-state index in [2.05, 4.69) is 15.3 Å². The normalized spacial score (nSPS) is 11.8. The third kappa shape index (κ3) is 4.28. The Bertz CT molecular complexity index is 887. The Morgan fingerprint density at radius 1 is 1.28 bits per heavy atom. The first kappa shape index (κ1) is 17.7. The van der Waals surface area contributed by atoms with E-state index in [9.17, 15) is 4.79 Å². The van der Waals surface area contributed by atoms with E-state index in [4.69, 9.17) is 27.9 Å². The van der Waals surface area contributed by atoms with Crippen molar-refractivity contribution in [2.75, 3.05) is 5.32 Å². The number of hydrogen-bond acceptors (Lipinski definition) is 5. The Labute approximate surface area is 158 Å². The smallest absolute Gasteiger partial charge is 0.266 e. The molecule has 0 aliphatic carbocycles. The Morgan fingerprint density at radius 3 is 2.88 bits per heavy atom. The van der Waals surface area contributed by atoms with Gasteiger partial charge in [-0.25, -0.2) is 4.98 Å². The van der Waals surface area contributed by atoms with Crippen molar-refractivity contribution >= 4 is 45.6 Å². The molecule has 0 spiro atoms. The van der Waals surface area contributed by atoms with E-state index in [1.165, 1.54) is 11.3 Å². The first-order valence-electron chi connectivity index (χ1n) is 7.32. The molecular formula is C17H13Cl2N3O2S. The summed E-state index contributed by atoms with van der Waals surface area (Å²) in [5, 5.41) is 5.71. The van der Waals surface area contributed by atoms with E-state index < -0.39 is 6.10 Å². The SMILES string of the molecule is C[C@H](Oc1cccc(Cl)c1Cl)C(=O)Nc1nc(-c2cccnc2)cs1. The molecule has 2 aromatic heterocycles. The highest BCUT2D eigenvalue weighted by molar-refractivity contribution is 7.14. The molecule has 3 rings (SSSR count). The number of anilines is 1. The van der Waals surface area contributed by atoms with Crippen molar-refractivity contribution in [3.8, 4) is 17.0 Å². The summed E-state index contributed by atoms with van der Waals surface area (Å²) in [6.45, 7) is 1.63. The van der Waals surface area contributed by atoms with Crippen LogP contribution >= 0.6 is 34.5 Å². The van der Waals surface area contributed by atoms with E-state index in [-0.39, 0.29) is 10.9 Å². The van der Waals surface area contributed by atoms with Gasteiger partial charge in [0.15, 0.2) is 11.2 Å². The molecule has 5 nitrogen and oxygen atoms in total. The second kappa shape index (κ2) is 7.82. The van der Waals surface area contributed by atoms with Gasteiger partial charge in [-0.05, 0) is 31.2 Å². The summed E-state index contributed by atoms with van der Waals surface area (Å²) in [7, 11) is 0. The molecule has 1 atom stereocenters. The zero-order chi connectivity index (χ0) is 17.8. The van der Waals surface area contributed by atoms with Crippen molar-refractivity contribution in [3.63, 3.8) is 0 Å². The van der Waals surface area contributed by atoms with E-state index >= 15 is 0 Å². The van der Waals surface area contributed by atoms with Gasteiger partial charge in [-0.2, -0.15) is 0 Å². The van der Waals surface area contributed by atoms with Crippen LogP contribution < -0.4 is 10.1 Å². The lowest BCUT2D eigenvalue weighted by molar-refractivity contribution is -0.122. The molecule has 0 saturated carbocycles. The average molecular weight is 394 g/mol. The van der Waals surface area contributed by atoms with E-state index in [1.807, 2.05) is 17.5 Å². The van der Waals surface area contributed by atoms with Crippen LogP contribution in [0.25, 0.3) is 11.3 Å². The average Bonchev–Trinajstić information content (AvgIpc) is 3.08. The fourth-order valence-corrected chi connectivity index (χ4v) is 3.06. The minimum atomic E-state index is -0.762. The predicted molar refractivity (Wildman–Crippen MR) is 101 cm³/mol. The molecule has 1 aromatic carbocycles. The van der Waals surface area contributed by atoms with Crippen LogP contribution in [0.2, 0.25) is 10.0 Å². The van der Waals surface area contributed by atoms with Gasteiger partial charge in [0.1, 0.15) is 10.8 Å². The number of carbonyl (C=O) groups excluding carboxylic acids is 1. The van der Waals surface area contributed by atoms with Crippen molar-refractivity contribution in [2.24, 2.45) is 0 Å². The molecule has 0 aliphatic rings. The molecule has 0 aliphatic heterocycles. The third-order valence-electron chi connectivity index (χ3n) is 3.28. The molecule has 0 bridgehead atoms. The van der Waals surface area contributed by atoms with Crippen LogP contribution in [0.15, 0.2) is 48.1 Å². The summed E-state index contributed by atoms with van der Waals surface area (Å²) in [5.74, 6) is 0.0233. The zero-order valence-electron chi connectivity index (χ0n) is 13.1. The largest absolute Gasteiger partial charge is 0.479 e. The molecule has 1 N–H and O–H groups in total.